The minimum absolute atomic E-state index is 1.93. The Balaban J connectivity index is 4.78. The van der Waals surface area contributed by atoms with Crippen molar-refractivity contribution < 1.29 is 41.6 Å². The third-order valence-corrected chi connectivity index (χ3v) is 1.40. The van der Waals surface area contributed by atoms with Gasteiger partial charge in [0, 0.05) is 0 Å². The number of rotatable bonds is 5. The van der Waals surface area contributed by atoms with Gasteiger partial charge in [-0.2, -0.15) is 0 Å². The lowest BCUT2D eigenvalue weighted by atomic mass is 10.0. The number of aliphatic hydroxyl groups excluding tert-OH is 3. The van der Waals surface area contributed by atoms with E-state index in [-0.39, 0.29) is 0 Å². The molecule has 0 aliphatic heterocycles. The van der Waals surface area contributed by atoms with E-state index in [1.54, 1.807) is 0 Å². The molecular weight excluding hydrogens is 200 g/mol. The summed E-state index contributed by atoms with van der Waals surface area (Å²) >= 11 is 0. The summed E-state index contributed by atoms with van der Waals surface area (Å²) in [7, 11) is 0. The van der Waals surface area contributed by atoms with E-state index in [1.165, 1.54) is 0 Å². The quantitative estimate of drug-likeness (QED) is 0.275. The van der Waals surface area contributed by atoms with Crippen LogP contribution in [0.4, 0.5) is 0 Å². The largest absolute Gasteiger partial charge is 0.479 e. The van der Waals surface area contributed by atoms with Crippen molar-refractivity contribution in [2.24, 2.45) is 0 Å². The van der Waals surface area contributed by atoms with Crippen molar-refractivity contribution in [3.05, 3.63) is 0 Å². The van der Waals surface area contributed by atoms with Crippen LogP contribution in [0.15, 0.2) is 0 Å². The van der Waals surface area contributed by atoms with E-state index < -0.39 is 36.3 Å². The Morgan fingerprint density at radius 2 is 1.36 bits per heavy atom. The highest BCUT2D eigenvalue weighted by atomic mass is 16.4. The van der Waals surface area contributed by atoms with Crippen molar-refractivity contribution in [2.75, 3.05) is 0 Å². The molecule has 0 spiro atoms. The molecule has 0 aromatic rings. The predicted molar refractivity (Wildman–Crippen MR) is 39.3 cm³/mol. The second kappa shape index (κ2) is 4.86. The molecule has 82 valence electrons. The fourth-order valence-electron chi connectivity index (χ4n) is 0.607. The summed E-state index contributed by atoms with van der Waals surface area (Å²) in [4.78, 5) is 20.4. The number of hydrogen-bond donors (Lipinski definition) is 6. The van der Waals surface area contributed by atoms with E-state index in [0.717, 1.165) is 0 Å². The molecule has 0 radical (unpaired) electrons. The molecule has 0 saturated carbocycles. The maximum atomic E-state index is 10.2. The monoisotopic (exact) mass is 211 g/mol. The van der Waals surface area contributed by atoms with Gasteiger partial charge >= 0.3 is 11.9 Å². The Labute approximate surface area is 79.1 Å². The van der Waals surface area contributed by atoms with E-state index in [9.17, 15) is 9.59 Å². The van der Waals surface area contributed by atoms with Gasteiger partial charge in [-0.25, -0.2) is 9.59 Å². The molecule has 8 nitrogen and oxygen atoms in total. The Kier molecular flexibility index (Phi) is 3.77. The van der Waals surface area contributed by atoms with E-state index in [4.69, 9.17) is 32.0 Å². The molecule has 0 aliphatic rings. The Morgan fingerprint density at radius 3 is 1.64 bits per heavy atom. The second-order valence-corrected chi connectivity index (χ2v) is 2.41. The highest BCUT2D eigenvalue weighted by Gasteiger charge is 2.37. The van der Waals surface area contributed by atoms with Crippen molar-refractivity contribution in [1.29, 1.82) is 0 Å². The summed E-state index contributed by atoms with van der Waals surface area (Å²) in [5.74, 6) is -4.12. The number of carboxylic acid groups (broad SMARTS) is 2. The molecule has 0 fully saturated rings. The molecule has 0 heterocycles. The predicted octanol–water partition coefficient (Wildman–Crippen LogP) is -3.40. The lowest BCUT2D eigenvalue weighted by Gasteiger charge is -2.21. The smallest absolute Gasteiger partial charge is 0.335 e. The minimum atomic E-state index is -3.50. The summed E-state index contributed by atoms with van der Waals surface area (Å²) in [5.41, 5.74) is 0. The molecule has 0 rings (SSSR count). The standard InChI is InChI=1S/C6H10O8/c7-1(3(9)5(11)12)2(8)4(10)6(13)14/h1-4,7-10H,(H,11,12)(H,13,14)/t1-,2-,3-,4+/m0/s1/i3D/t1-,2-,3+,4-. The van der Waals surface area contributed by atoms with Crippen LogP contribution in [0.5, 0.6) is 0 Å². The first kappa shape index (κ1) is 10.9. The van der Waals surface area contributed by atoms with Crippen molar-refractivity contribution >= 4 is 11.9 Å². The van der Waals surface area contributed by atoms with E-state index >= 15 is 0 Å². The Morgan fingerprint density at radius 1 is 0.929 bits per heavy atom. The maximum absolute atomic E-state index is 10.2. The molecule has 0 aromatic heterocycles. The van der Waals surface area contributed by atoms with Gasteiger partial charge in [0.25, 0.3) is 0 Å². The van der Waals surface area contributed by atoms with Gasteiger partial charge in [0.2, 0.25) is 0 Å². The van der Waals surface area contributed by atoms with Crippen LogP contribution in [0.2, 0.25) is 0 Å². The molecule has 0 unspecified atom stereocenters. The summed E-state index contributed by atoms with van der Waals surface area (Å²) in [5, 5.41) is 51.8. The van der Waals surface area contributed by atoms with Crippen LogP contribution < -0.4 is 0 Å². The van der Waals surface area contributed by atoms with Crippen LogP contribution in [0.1, 0.15) is 1.37 Å². The van der Waals surface area contributed by atoms with Crippen LogP contribution in [-0.4, -0.2) is 67.0 Å². The van der Waals surface area contributed by atoms with Gasteiger partial charge in [0.15, 0.2) is 12.2 Å². The number of carbonyl (C=O) groups is 2. The van der Waals surface area contributed by atoms with Crippen molar-refractivity contribution in [3.8, 4) is 0 Å². The summed E-state index contributed by atoms with van der Waals surface area (Å²) in [6, 6.07) is 0. The molecule has 0 amide bonds. The minimum Gasteiger partial charge on any atom is -0.479 e. The molecule has 6 N–H and O–H groups in total. The van der Waals surface area contributed by atoms with Crippen molar-refractivity contribution in [1.82, 2.24) is 0 Å². The SMILES string of the molecule is [2H][C@](O)(C(=O)O)[C@@H](O)[C@H](O)[C@H](O)C(=O)O. The van der Waals surface area contributed by atoms with Crippen LogP contribution in [0.25, 0.3) is 0 Å². The average Bonchev–Trinajstić information content (AvgIpc) is 2.13. The van der Waals surface area contributed by atoms with Crippen LogP contribution in [0.3, 0.4) is 0 Å². The second-order valence-electron chi connectivity index (χ2n) is 2.41. The van der Waals surface area contributed by atoms with E-state index in [0.29, 0.717) is 0 Å². The van der Waals surface area contributed by atoms with Gasteiger partial charge in [0.1, 0.15) is 12.2 Å². The van der Waals surface area contributed by atoms with Crippen LogP contribution in [0, 0.1) is 0 Å². The highest BCUT2D eigenvalue weighted by Crippen LogP contribution is 2.05. The first-order chi connectivity index (χ1) is 6.62. The number of carboxylic acids is 2. The molecule has 0 bridgehead atoms. The van der Waals surface area contributed by atoms with Crippen molar-refractivity contribution in [2.45, 2.75) is 24.4 Å². The third-order valence-electron chi connectivity index (χ3n) is 1.40. The highest BCUT2D eigenvalue weighted by molar-refractivity contribution is 5.75. The number of aliphatic carboxylic acids is 2. The average molecular weight is 211 g/mol. The van der Waals surface area contributed by atoms with Gasteiger partial charge < -0.3 is 30.6 Å². The van der Waals surface area contributed by atoms with Crippen LogP contribution in [-0.2, 0) is 9.59 Å². The van der Waals surface area contributed by atoms with Crippen molar-refractivity contribution in [3.63, 3.8) is 0 Å². The number of aliphatic hydroxyl groups is 4. The van der Waals surface area contributed by atoms with Gasteiger partial charge in [-0.1, -0.05) is 0 Å². The van der Waals surface area contributed by atoms with E-state index in [1.807, 2.05) is 0 Å². The number of hydrogen-bond acceptors (Lipinski definition) is 6. The lowest BCUT2D eigenvalue weighted by molar-refractivity contribution is -0.172. The molecule has 0 saturated heterocycles. The molecular formula is C6H10O8. The van der Waals surface area contributed by atoms with Gasteiger partial charge in [-0.3, -0.25) is 0 Å². The fourth-order valence-corrected chi connectivity index (χ4v) is 0.607. The zero-order chi connectivity index (χ0) is 12.4. The van der Waals surface area contributed by atoms with Gasteiger partial charge in [-0.05, 0) is 0 Å². The topological polar surface area (TPSA) is 156 Å². The molecule has 0 aliphatic carbocycles. The Hall–Kier alpha value is -1.22. The molecule has 14 heavy (non-hydrogen) atoms. The summed E-state index contributed by atoms with van der Waals surface area (Å²) in [6.07, 6.45) is -11.2. The van der Waals surface area contributed by atoms with Gasteiger partial charge in [0.05, 0.1) is 1.37 Å². The molecule has 4 atom stereocenters. The third kappa shape index (κ3) is 2.92. The molecule has 8 heteroatoms. The first-order valence-corrected chi connectivity index (χ1v) is 3.35. The lowest BCUT2D eigenvalue weighted by Crippen LogP contribution is -2.49. The van der Waals surface area contributed by atoms with Crippen LogP contribution >= 0.6 is 0 Å². The fraction of sp³-hybridized carbons (Fsp3) is 0.667. The van der Waals surface area contributed by atoms with Gasteiger partial charge in [-0.15, -0.1) is 0 Å². The zero-order valence-corrected chi connectivity index (χ0v) is 6.73. The summed E-state index contributed by atoms with van der Waals surface area (Å²) in [6.45, 7) is 0. The zero-order valence-electron chi connectivity index (χ0n) is 7.73. The molecule has 0 aromatic carbocycles. The Bertz CT molecular complexity index is 264. The first-order valence-electron chi connectivity index (χ1n) is 3.85. The normalized spacial score (nSPS) is 22.7. The van der Waals surface area contributed by atoms with E-state index in [2.05, 4.69) is 0 Å². The maximum Gasteiger partial charge on any atom is 0.335 e. The summed E-state index contributed by atoms with van der Waals surface area (Å²) < 4.78 is 6.69.